The third kappa shape index (κ3) is 2.52. The van der Waals surface area contributed by atoms with Gasteiger partial charge in [-0.05, 0) is 61.9 Å². The van der Waals surface area contributed by atoms with Gasteiger partial charge in [0, 0.05) is 12.5 Å². The van der Waals surface area contributed by atoms with E-state index in [-0.39, 0.29) is 0 Å². The van der Waals surface area contributed by atoms with E-state index in [4.69, 9.17) is 0 Å². The van der Waals surface area contributed by atoms with Gasteiger partial charge in [-0.15, -0.1) is 0 Å². The molecule has 1 heterocycles. The lowest BCUT2D eigenvalue weighted by Gasteiger charge is -2.37. The number of aryl methyl sites for hydroxylation is 2. The molecule has 3 atom stereocenters. The summed E-state index contributed by atoms with van der Waals surface area (Å²) in [5.41, 5.74) is 7.48. The molecule has 23 heavy (non-hydrogen) atoms. The number of likely N-dealkylation sites (tertiary alicyclic amines) is 1. The van der Waals surface area contributed by atoms with Crippen molar-refractivity contribution >= 4 is 0 Å². The second kappa shape index (κ2) is 5.79. The molecule has 0 amide bonds. The molecule has 120 valence electrons. The van der Waals surface area contributed by atoms with Crippen LogP contribution in [0, 0.1) is 19.8 Å². The molecule has 0 saturated carbocycles. The number of hydrogen-bond donors (Lipinski definition) is 0. The van der Waals surface area contributed by atoms with Crippen LogP contribution in [0.15, 0.2) is 42.5 Å². The SMILES string of the molecule is CCN1CC[C@@H]2c3ccc(C)cc3[C@@H](c3ccc(C)cc3)[C@@H]2C1. The van der Waals surface area contributed by atoms with Gasteiger partial charge in [0.25, 0.3) is 0 Å². The van der Waals surface area contributed by atoms with E-state index in [2.05, 4.69) is 68.1 Å². The highest BCUT2D eigenvalue weighted by Crippen LogP contribution is 2.53. The largest absolute Gasteiger partial charge is 0.303 e. The van der Waals surface area contributed by atoms with Crippen LogP contribution in [0.5, 0.6) is 0 Å². The lowest BCUT2D eigenvalue weighted by molar-refractivity contribution is 0.161. The summed E-state index contributed by atoms with van der Waals surface area (Å²) in [6.45, 7) is 10.4. The quantitative estimate of drug-likeness (QED) is 0.765. The fourth-order valence-electron chi connectivity index (χ4n) is 4.80. The molecular weight excluding hydrogens is 278 g/mol. The fraction of sp³-hybridized carbons (Fsp3) is 0.455. The summed E-state index contributed by atoms with van der Waals surface area (Å²) < 4.78 is 0. The molecule has 0 N–H and O–H groups in total. The van der Waals surface area contributed by atoms with Gasteiger partial charge in [-0.2, -0.15) is 0 Å². The van der Waals surface area contributed by atoms with Gasteiger partial charge in [-0.25, -0.2) is 0 Å². The van der Waals surface area contributed by atoms with Gasteiger partial charge in [0.2, 0.25) is 0 Å². The van der Waals surface area contributed by atoms with E-state index < -0.39 is 0 Å². The molecule has 0 aromatic heterocycles. The summed E-state index contributed by atoms with van der Waals surface area (Å²) in [6.07, 6.45) is 1.32. The second-order valence-electron chi connectivity index (χ2n) is 7.47. The summed E-state index contributed by atoms with van der Waals surface area (Å²) in [5, 5.41) is 0. The Morgan fingerprint density at radius 1 is 0.957 bits per heavy atom. The Morgan fingerprint density at radius 3 is 2.43 bits per heavy atom. The topological polar surface area (TPSA) is 3.24 Å². The zero-order valence-electron chi connectivity index (χ0n) is 14.5. The van der Waals surface area contributed by atoms with E-state index in [1.807, 2.05) is 0 Å². The van der Waals surface area contributed by atoms with E-state index in [1.165, 1.54) is 42.7 Å². The van der Waals surface area contributed by atoms with Crippen molar-refractivity contribution in [2.45, 2.75) is 39.0 Å². The minimum atomic E-state index is 0.574. The zero-order chi connectivity index (χ0) is 16.0. The maximum atomic E-state index is 2.64. The van der Waals surface area contributed by atoms with E-state index in [1.54, 1.807) is 11.1 Å². The molecule has 1 nitrogen and oxygen atoms in total. The van der Waals surface area contributed by atoms with Crippen molar-refractivity contribution in [3.8, 4) is 0 Å². The van der Waals surface area contributed by atoms with Gasteiger partial charge in [0.15, 0.2) is 0 Å². The van der Waals surface area contributed by atoms with Gasteiger partial charge >= 0.3 is 0 Å². The fourth-order valence-corrected chi connectivity index (χ4v) is 4.80. The number of hydrogen-bond acceptors (Lipinski definition) is 1. The molecule has 1 heteroatoms. The molecule has 0 bridgehead atoms. The molecule has 1 aliphatic heterocycles. The first-order valence-corrected chi connectivity index (χ1v) is 9.06. The van der Waals surface area contributed by atoms with Crippen molar-refractivity contribution in [2.24, 2.45) is 5.92 Å². The van der Waals surface area contributed by atoms with Crippen LogP contribution in [0.25, 0.3) is 0 Å². The van der Waals surface area contributed by atoms with Gasteiger partial charge in [-0.3, -0.25) is 0 Å². The number of nitrogens with zero attached hydrogens (tertiary/aromatic N) is 1. The predicted molar refractivity (Wildman–Crippen MR) is 97.2 cm³/mol. The van der Waals surface area contributed by atoms with Crippen molar-refractivity contribution in [1.82, 2.24) is 4.90 Å². The van der Waals surface area contributed by atoms with Crippen molar-refractivity contribution in [1.29, 1.82) is 0 Å². The Balaban J connectivity index is 1.81. The molecule has 2 aromatic carbocycles. The van der Waals surface area contributed by atoms with Gasteiger partial charge in [0.05, 0.1) is 0 Å². The first kappa shape index (κ1) is 15.0. The molecule has 0 unspecified atom stereocenters. The Labute approximate surface area is 140 Å². The molecular formula is C22H27N. The van der Waals surface area contributed by atoms with Gasteiger partial charge in [0.1, 0.15) is 0 Å². The van der Waals surface area contributed by atoms with Crippen LogP contribution in [0.1, 0.15) is 53.0 Å². The first-order chi connectivity index (χ1) is 11.2. The monoisotopic (exact) mass is 305 g/mol. The van der Waals surface area contributed by atoms with Crippen LogP contribution in [-0.2, 0) is 0 Å². The maximum Gasteiger partial charge on any atom is 0.0139 e. The van der Waals surface area contributed by atoms with Gasteiger partial charge < -0.3 is 4.90 Å². The summed E-state index contributed by atoms with van der Waals surface area (Å²) in [7, 11) is 0. The number of benzene rings is 2. The zero-order valence-corrected chi connectivity index (χ0v) is 14.5. The first-order valence-electron chi connectivity index (χ1n) is 9.06. The summed E-state index contributed by atoms with van der Waals surface area (Å²) in [5.74, 6) is 2.06. The van der Waals surface area contributed by atoms with Crippen LogP contribution in [0.4, 0.5) is 0 Å². The lowest BCUT2D eigenvalue weighted by Crippen LogP contribution is -2.39. The summed E-state index contributed by atoms with van der Waals surface area (Å²) in [4.78, 5) is 2.64. The van der Waals surface area contributed by atoms with Gasteiger partial charge in [-0.1, -0.05) is 60.5 Å². The standard InChI is InChI=1S/C22H27N/c1-4-23-12-11-19-18-10-7-16(3)13-20(18)22(21(19)14-23)17-8-5-15(2)6-9-17/h5-10,13,19,21-22H,4,11-12,14H2,1-3H3/t19-,21-,22-/m1/s1. The van der Waals surface area contributed by atoms with E-state index in [0.717, 1.165) is 11.8 Å². The van der Waals surface area contributed by atoms with E-state index in [0.29, 0.717) is 5.92 Å². The number of piperidine rings is 1. The van der Waals surface area contributed by atoms with E-state index >= 15 is 0 Å². The van der Waals surface area contributed by atoms with Crippen molar-refractivity contribution in [2.75, 3.05) is 19.6 Å². The third-order valence-corrected chi connectivity index (χ3v) is 6.03. The third-order valence-electron chi connectivity index (χ3n) is 6.03. The van der Waals surface area contributed by atoms with Crippen molar-refractivity contribution in [3.05, 3.63) is 70.3 Å². The summed E-state index contributed by atoms with van der Waals surface area (Å²) >= 11 is 0. The normalized spacial score (nSPS) is 26.8. The average Bonchev–Trinajstić information content (AvgIpc) is 2.88. The Morgan fingerprint density at radius 2 is 1.70 bits per heavy atom. The summed E-state index contributed by atoms with van der Waals surface area (Å²) in [6, 6.07) is 16.4. The number of fused-ring (bicyclic) bond motifs is 3. The Kier molecular flexibility index (Phi) is 3.77. The van der Waals surface area contributed by atoms with E-state index in [9.17, 15) is 0 Å². The molecule has 2 aromatic rings. The highest BCUT2D eigenvalue weighted by molar-refractivity contribution is 5.48. The molecule has 0 spiro atoms. The average molecular weight is 305 g/mol. The highest BCUT2D eigenvalue weighted by Gasteiger charge is 2.43. The molecule has 1 fully saturated rings. The van der Waals surface area contributed by atoms with Crippen molar-refractivity contribution in [3.63, 3.8) is 0 Å². The maximum absolute atomic E-state index is 2.64. The minimum absolute atomic E-state index is 0.574. The smallest absolute Gasteiger partial charge is 0.0139 e. The number of rotatable bonds is 2. The Hall–Kier alpha value is -1.60. The minimum Gasteiger partial charge on any atom is -0.303 e. The van der Waals surface area contributed by atoms with Crippen LogP contribution < -0.4 is 0 Å². The van der Waals surface area contributed by atoms with Crippen LogP contribution >= 0.6 is 0 Å². The molecule has 1 saturated heterocycles. The lowest BCUT2D eigenvalue weighted by atomic mass is 9.78. The highest BCUT2D eigenvalue weighted by atomic mass is 15.1. The molecule has 0 radical (unpaired) electrons. The predicted octanol–water partition coefficient (Wildman–Crippen LogP) is 4.87. The molecule has 2 aliphatic rings. The second-order valence-corrected chi connectivity index (χ2v) is 7.47. The Bertz CT molecular complexity index is 700. The molecule has 4 rings (SSSR count). The van der Waals surface area contributed by atoms with Crippen molar-refractivity contribution < 1.29 is 0 Å². The van der Waals surface area contributed by atoms with Crippen LogP contribution in [0.2, 0.25) is 0 Å². The molecule has 1 aliphatic carbocycles. The van der Waals surface area contributed by atoms with Crippen LogP contribution in [-0.4, -0.2) is 24.5 Å². The van der Waals surface area contributed by atoms with Crippen LogP contribution in [0.3, 0.4) is 0 Å².